The summed E-state index contributed by atoms with van der Waals surface area (Å²) in [5.74, 6) is 1.78. The van der Waals surface area contributed by atoms with Gasteiger partial charge in [-0.3, -0.25) is 0 Å². The average molecular weight is 362 g/mol. The van der Waals surface area contributed by atoms with Crippen LogP contribution in [0.5, 0.6) is 0 Å². The van der Waals surface area contributed by atoms with Gasteiger partial charge in [-0.1, -0.05) is 12.2 Å². The van der Waals surface area contributed by atoms with Gasteiger partial charge in [-0.05, 0) is 17.2 Å². The first kappa shape index (κ1) is 17.6. The number of methoxy groups -OCH3 is 2. The van der Waals surface area contributed by atoms with E-state index in [2.05, 4.69) is 6.08 Å². The Morgan fingerprint density at radius 3 is 2.35 bits per heavy atom. The Labute approximate surface area is 153 Å². The summed E-state index contributed by atoms with van der Waals surface area (Å²) in [5.41, 5.74) is 2.32. The molecule has 6 heteroatoms. The van der Waals surface area contributed by atoms with E-state index < -0.39 is 0 Å². The molecule has 0 aromatic heterocycles. The Morgan fingerprint density at radius 1 is 1.00 bits per heavy atom. The zero-order valence-electron chi connectivity index (χ0n) is 15.2. The fourth-order valence-electron chi connectivity index (χ4n) is 4.52. The lowest BCUT2D eigenvalue weighted by atomic mass is 9.81. The predicted molar refractivity (Wildman–Crippen MR) is 94.6 cm³/mol. The number of ether oxygens (including phenoxy) is 4. The van der Waals surface area contributed by atoms with Crippen molar-refractivity contribution in [1.82, 2.24) is 0 Å². The second-order valence-corrected chi connectivity index (χ2v) is 7.33. The van der Waals surface area contributed by atoms with Crippen molar-refractivity contribution in [2.45, 2.75) is 37.6 Å². The van der Waals surface area contributed by atoms with E-state index in [1.807, 2.05) is 6.08 Å². The molecule has 2 N–H and O–H groups in total. The Balaban J connectivity index is 1.47. The lowest BCUT2D eigenvalue weighted by Gasteiger charge is -2.26. The molecule has 0 spiro atoms. The third kappa shape index (κ3) is 2.96. The fraction of sp³-hybridized carbons (Fsp3) is 0.600. The Morgan fingerprint density at radius 2 is 1.69 bits per heavy atom. The van der Waals surface area contributed by atoms with E-state index in [9.17, 15) is 10.2 Å². The van der Waals surface area contributed by atoms with Crippen molar-refractivity contribution in [2.24, 2.45) is 11.8 Å². The van der Waals surface area contributed by atoms with Gasteiger partial charge in [0.2, 0.25) is 0 Å². The van der Waals surface area contributed by atoms with Crippen molar-refractivity contribution in [2.75, 3.05) is 27.4 Å². The molecule has 0 radical (unpaired) electrons. The van der Waals surface area contributed by atoms with Crippen molar-refractivity contribution >= 4 is 0 Å². The van der Waals surface area contributed by atoms with E-state index in [-0.39, 0.29) is 24.1 Å². The van der Waals surface area contributed by atoms with Crippen LogP contribution in [0.25, 0.3) is 0 Å². The number of hydrogen-bond acceptors (Lipinski definition) is 6. The lowest BCUT2D eigenvalue weighted by Crippen LogP contribution is -2.28. The van der Waals surface area contributed by atoms with E-state index in [4.69, 9.17) is 18.9 Å². The van der Waals surface area contributed by atoms with Gasteiger partial charge in [-0.15, -0.1) is 0 Å². The van der Waals surface area contributed by atoms with Crippen LogP contribution in [-0.4, -0.2) is 56.0 Å². The maximum Gasteiger partial charge on any atom is 0.137 e. The number of aliphatic hydroxyl groups is 2. The third-order valence-corrected chi connectivity index (χ3v) is 5.99. The van der Waals surface area contributed by atoms with Crippen molar-refractivity contribution < 1.29 is 29.2 Å². The highest BCUT2D eigenvalue weighted by atomic mass is 16.5. The molecule has 2 heterocycles. The van der Waals surface area contributed by atoms with Gasteiger partial charge in [-0.25, -0.2) is 0 Å². The summed E-state index contributed by atoms with van der Waals surface area (Å²) in [6.07, 6.45) is 7.15. The molecule has 1 unspecified atom stereocenters. The number of allylic oxidation sites excluding steroid dienone is 4. The second kappa shape index (κ2) is 7.10. The summed E-state index contributed by atoms with van der Waals surface area (Å²) in [4.78, 5) is 0. The van der Waals surface area contributed by atoms with Crippen LogP contribution in [0.1, 0.15) is 19.3 Å². The minimum Gasteiger partial charge on any atom is -0.510 e. The predicted octanol–water partition coefficient (Wildman–Crippen LogP) is 2.94. The summed E-state index contributed by atoms with van der Waals surface area (Å²) in [7, 11) is 3.20. The highest BCUT2D eigenvalue weighted by Gasteiger charge is 2.49. The van der Waals surface area contributed by atoms with Gasteiger partial charge in [0.25, 0.3) is 0 Å². The van der Waals surface area contributed by atoms with Gasteiger partial charge in [0.1, 0.15) is 23.4 Å². The van der Waals surface area contributed by atoms with Crippen LogP contribution in [-0.2, 0) is 18.9 Å². The minimum atomic E-state index is -0.297. The Hall–Kier alpha value is -1.76. The Bertz CT molecular complexity index is 688. The van der Waals surface area contributed by atoms with Crippen LogP contribution < -0.4 is 0 Å². The molecular weight excluding hydrogens is 336 g/mol. The highest BCUT2D eigenvalue weighted by molar-refractivity contribution is 5.31. The standard InChI is InChI=1S/C20H26O6/c1-23-17-7-11(3-5-15(17)21)19-13-9-26-20(14(13)10-25-19)12-4-6-16(22)18(8-12)24-2/h3-5,13-14,17,19-22H,6-10H2,1-2H3/t13-,14-,17?,19+,20+/m0/s1. The maximum absolute atomic E-state index is 9.90. The first-order valence-corrected chi connectivity index (χ1v) is 9.11. The smallest absolute Gasteiger partial charge is 0.137 e. The van der Waals surface area contributed by atoms with Crippen molar-refractivity contribution in [1.29, 1.82) is 0 Å². The van der Waals surface area contributed by atoms with E-state index in [0.717, 1.165) is 5.57 Å². The third-order valence-electron chi connectivity index (χ3n) is 5.99. The van der Waals surface area contributed by atoms with Gasteiger partial charge in [0.15, 0.2) is 0 Å². The van der Waals surface area contributed by atoms with E-state index in [1.165, 1.54) is 5.57 Å². The van der Waals surface area contributed by atoms with Crippen molar-refractivity contribution in [3.8, 4) is 0 Å². The molecule has 6 nitrogen and oxygen atoms in total. The quantitative estimate of drug-likeness (QED) is 0.749. The largest absolute Gasteiger partial charge is 0.510 e. The van der Waals surface area contributed by atoms with Gasteiger partial charge in [0, 0.05) is 38.2 Å². The van der Waals surface area contributed by atoms with Crippen LogP contribution in [0.15, 0.2) is 46.7 Å². The second-order valence-electron chi connectivity index (χ2n) is 7.33. The fourth-order valence-corrected chi connectivity index (χ4v) is 4.52. The molecular formula is C20H26O6. The topological polar surface area (TPSA) is 77.4 Å². The maximum atomic E-state index is 9.90. The molecule has 4 rings (SSSR count). The number of fused-ring (bicyclic) bond motifs is 1. The van der Waals surface area contributed by atoms with Crippen LogP contribution in [0.4, 0.5) is 0 Å². The van der Waals surface area contributed by atoms with Gasteiger partial charge in [0.05, 0.1) is 32.5 Å². The number of rotatable bonds is 4. The normalized spacial score (nSPS) is 37.2. The average Bonchev–Trinajstić information content (AvgIpc) is 3.25. The zero-order valence-corrected chi connectivity index (χ0v) is 15.2. The van der Waals surface area contributed by atoms with Crippen LogP contribution >= 0.6 is 0 Å². The molecule has 0 aromatic carbocycles. The van der Waals surface area contributed by atoms with Crippen LogP contribution in [0, 0.1) is 11.8 Å². The summed E-state index contributed by atoms with van der Waals surface area (Å²) in [6, 6.07) is 0. The van der Waals surface area contributed by atoms with Gasteiger partial charge in [-0.2, -0.15) is 0 Å². The van der Waals surface area contributed by atoms with Crippen LogP contribution in [0.3, 0.4) is 0 Å². The Kier molecular flexibility index (Phi) is 4.82. The van der Waals surface area contributed by atoms with E-state index in [1.54, 1.807) is 20.3 Å². The zero-order chi connectivity index (χ0) is 18.3. The van der Waals surface area contributed by atoms with Gasteiger partial charge >= 0.3 is 0 Å². The SMILES string of the molecule is COC1=C(O)CC=C([C@H]2OC[C@H]3[C@@H]2CO[C@@H]3C2=CC=C(O)C(OC)C2)C1. The summed E-state index contributed by atoms with van der Waals surface area (Å²) in [5, 5.41) is 19.8. The molecule has 2 saturated heterocycles. The van der Waals surface area contributed by atoms with E-state index in [0.29, 0.717) is 55.8 Å². The number of aliphatic hydroxyl groups excluding tert-OH is 2. The molecule has 26 heavy (non-hydrogen) atoms. The first-order chi connectivity index (χ1) is 12.6. The molecule has 0 saturated carbocycles. The molecule has 0 amide bonds. The highest BCUT2D eigenvalue weighted by Crippen LogP contribution is 2.45. The lowest BCUT2D eigenvalue weighted by molar-refractivity contribution is 0.0358. The van der Waals surface area contributed by atoms with Gasteiger partial charge < -0.3 is 29.2 Å². The molecule has 2 aliphatic heterocycles. The molecule has 0 bridgehead atoms. The molecule has 142 valence electrons. The molecule has 0 aromatic rings. The summed E-state index contributed by atoms with van der Waals surface area (Å²) in [6.45, 7) is 1.31. The monoisotopic (exact) mass is 362 g/mol. The molecule has 2 aliphatic carbocycles. The molecule has 2 fully saturated rings. The molecule has 4 aliphatic rings. The van der Waals surface area contributed by atoms with E-state index >= 15 is 0 Å². The molecule has 5 atom stereocenters. The summed E-state index contributed by atoms with van der Waals surface area (Å²) >= 11 is 0. The first-order valence-electron chi connectivity index (χ1n) is 9.11. The van der Waals surface area contributed by atoms with Crippen molar-refractivity contribution in [3.63, 3.8) is 0 Å². The van der Waals surface area contributed by atoms with Crippen LogP contribution in [0.2, 0.25) is 0 Å². The summed E-state index contributed by atoms with van der Waals surface area (Å²) < 4.78 is 23.0. The number of hydrogen-bond donors (Lipinski definition) is 2. The van der Waals surface area contributed by atoms with Crippen molar-refractivity contribution in [3.05, 3.63) is 46.7 Å². The minimum absolute atomic E-state index is 0.00188.